The van der Waals surface area contributed by atoms with Crippen molar-refractivity contribution >= 4 is 34.8 Å². The second kappa shape index (κ2) is 16.1. The van der Waals surface area contributed by atoms with E-state index < -0.39 is 42.5 Å². The van der Waals surface area contributed by atoms with Gasteiger partial charge >= 0.3 is 36.4 Å². The van der Waals surface area contributed by atoms with Crippen LogP contribution in [0.1, 0.15) is 26.1 Å². The summed E-state index contributed by atoms with van der Waals surface area (Å²) in [7, 11) is 0. The van der Waals surface area contributed by atoms with Crippen molar-refractivity contribution in [1.29, 1.82) is 0 Å². The van der Waals surface area contributed by atoms with Gasteiger partial charge in [0.1, 0.15) is 5.82 Å². The van der Waals surface area contributed by atoms with E-state index in [0.29, 0.717) is 6.54 Å². The number of H-pyrrole nitrogens is 1. The maximum Gasteiger partial charge on any atom is 0.490 e. The van der Waals surface area contributed by atoms with Crippen LogP contribution in [0.15, 0.2) is 24.3 Å². The lowest BCUT2D eigenvalue weighted by molar-refractivity contribution is -0.193. The molecule has 228 valence electrons. The van der Waals surface area contributed by atoms with Gasteiger partial charge in [0.2, 0.25) is 5.91 Å². The molecule has 1 aromatic carbocycles. The number of halogens is 9. The number of carboxylic acids is 3. The number of hydrogen-bond acceptors (Lipinski definition) is 6. The molecule has 2 atom stereocenters. The van der Waals surface area contributed by atoms with Crippen molar-refractivity contribution in [2.45, 2.75) is 51.4 Å². The maximum absolute atomic E-state index is 11.9. The number of benzene rings is 1. The number of aliphatic carboxylic acids is 3. The van der Waals surface area contributed by atoms with E-state index in [9.17, 15) is 44.3 Å². The summed E-state index contributed by atoms with van der Waals surface area (Å²) in [6.07, 6.45) is -14.4. The quantitative estimate of drug-likeness (QED) is 0.278. The van der Waals surface area contributed by atoms with E-state index in [-0.39, 0.29) is 11.8 Å². The summed E-state index contributed by atoms with van der Waals surface area (Å²) in [6.45, 7) is 4.38. The maximum atomic E-state index is 11.9. The van der Waals surface area contributed by atoms with Crippen LogP contribution in [0.5, 0.6) is 0 Å². The fourth-order valence-corrected chi connectivity index (χ4v) is 1.89. The van der Waals surface area contributed by atoms with Crippen molar-refractivity contribution in [2.24, 2.45) is 11.7 Å². The fraction of sp³-hybridized carbons (Fsp3) is 0.450. The number of nitrogens with one attached hydrogen (secondary N) is 2. The number of amides is 1. The van der Waals surface area contributed by atoms with Gasteiger partial charge in [0, 0.05) is 0 Å². The molecule has 0 saturated carbocycles. The zero-order valence-electron chi connectivity index (χ0n) is 20.3. The van der Waals surface area contributed by atoms with Crippen LogP contribution in [-0.2, 0) is 25.7 Å². The molecule has 2 rings (SSSR count). The van der Waals surface area contributed by atoms with Crippen molar-refractivity contribution in [3.05, 3.63) is 30.1 Å². The Bertz CT molecular complexity index is 1030. The highest BCUT2D eigenvalue weighted by Crippen LogP contribution is 2.14. The highest BCUT2D eigenvalue weighted by atomic mass is 19.4. The average molecular weight is 602 g/mol. The first-order valence-electron chi connectivity index (χ1n) is 10.3. The molecular weight excluding hydrogens is 579 g/mol. The molecule has 2 aromatic rings. The van der Waals surface area contributed by atoms with E-state index in [4.69, 9.17) is 35.4 Å². The number of alkyl halides is 9. The Morgan fingerprint density at radius 1 is 0.875 bits per heavy atom. The van der Waals surface area contributed by atoms with Gasteiger partial charge in [-0.05, 0) is 18.1 Å². The molecule has 1 amide bonds. The Labute approximate surface area is 218 Å². The molecule has 0 spiro atoms. The van der Waals surface area contributed by atoms with E-state index in [1.807, 2.05) is 38.1 Å². The number of imidazole rings is 1. The van der Waals surface area contributed by atoms with Crippen molar-refractivity contribution in [3.63, 3.8) is 0 Å². The molecule has 40 heavy (non-hydrogen) atoms. The van der Waals surface area contributed by atoms with Crippen LogP contribution in [-0.4, -0.2) is 73.7 Å². The topological polar surface area (TPSA) is 196 Å². The number of aromatic amines is 1. The minimum absolute atomic E-state index is 0.130. The highest BCUT2D eigenvalue weighted by Gasteiger charge is 2.39. The van der Waals surface area contributed by atoms with Gasteiger partial charge in [0.25, 0.3) is 0 Å². The van der Waals surface area contributed by atoms with Crippen molar-refractivity contribution in [2.75, 3.05) is 0 Å². The van der Waals surface area contributed by atoms with Gasteiger partial charge in [0.15, 0.2) is 0 Å². The summed E-state index contributed by atoms with van der Waals surface area (Å²) in [4.78, 5) is 46.1. The summed E-state index contributed by atoms with van der Waals surface area (Å²) in [5, 5.41) is 24.2. The van der Waals surface area contributed by atoms with Crippen molar-refractivity contribution in [1.82, 2.24) is 15.3 Å². The van der Waals surface area contributed by atoms with Crippen LogP contribution in [0.25, 0.3) is 11.0 Å². The van der Waals surface area contributed by atoms with E-state index in [0.717, 1.165) is 23.3 Å². The van der Waals surface area contributed by atoms with Crippen LogP contribution in [0.2, 0.25) is 0 Å². The normalized spacial score (nSPS) is 12.7. The molecule has 0 bridgehead atoms. The largest absolute Gasteiger partial charge is 0.490 e. The van der Waals surface area contributed by atoms with E-state index in [1.54, 1.807) is 0 Å². The number of hydrogen-bond donors (Lipinski definition) is 6. The van der Waals surface area contributed by atoms with Gasteiger partial charge in [-0.3, -0.25) is 4.79 Å². The number of rotatable bonds is 5. The van der Waals surface area contributed by atoms with E-state index >= 15 is 0 Å². The lowest BCUT2D eigenvalue weighted by atomic mass is 9.99. The summed E-state index contributed by atoms with van der Waals surface area (Å²) in [5.74, 6) is -7.48. The van der Waals surface area contributed by atoms with Gasteiger partial charge in [0.05, 0.1) is 23.6 Å². The van der Waals surface area contributed by atoms with Gasteiger partial charge in [-0.15, -0.1) is 0 Å². The smallest absolute Gasteiger partial charge is 0.475 e. The second-order valence-corrected chi connectivity index (χ2v) is 7.24. The lowest BCUT2D eigenvalue weighted by Crippen LogP contribution is -2.44. The van der Waals surface area contributed by atoms with Crippen LogP contribution >= 0.6 is 0 Å². The number of nitrogens with two attached hydrogens (primary N) is 1. The number of aromatic nitrogens is 2. The minimum atomic E-state index is -5.08. The number of carboxylic acid groups (broad SMARTS) is 3. The fourth-order valence-electron chi connectivity index (χ4n) is 1.89. The Morgan fingerprint density at radius 2 is 1.25 bits per heavy atom. The molecule has 1 heterocycles. The third-order valence-corrected chi connectivity index (χ3v) is 4.16. The van der Waals surface area contributed by atoms with E-state index in [1.165, 1.54) is 0 Å². The molecule has 0 saturated heterocycles. The summed E-state index contributed by atoms with van der Waals surface area (Å²) in [5.41, 5.74) is 7.74. The molecule has 0 aliphatic rings. The predicted octanol–water partition coefficient (Wildman–Crippen LogP) is 3.45. The molecule has 0 radical (unpaired) electrons. The predicted molar refractivity (Wildman–Crippen MR) is 116 cm³/mol. The van der Waals surface area contributed by atoms with E-state index in [2.05, 4.69) is 15.3 Å². The Kier molecular flexibility index (Phi) is 15.3. The van der Waals surface area contributed by atoms with Crippen LogP contribution in [0.4, 0.5) is 39.5 Å². The number of carbonyl (C=O) groups is 4. The van der Waals surface area contributed by atoms with Crippen molar-refractivity contribution in [3.8, 4) is 0 Å². The molecule has 0 aliphatic carbocycles. The first kappa shape index (κ1) is 38.0. The standard InChI is InChI=1S/C14H20N4O.3C2HF3O2/c1-3-9(2)13(15)14(19)16-8-12-17-10-6-4-5-7-11(10)18-12;3*3-2(4,5)1(6)7/h4-7,9,13H,3,8,15H2,1-2H3,(H,16,19)(H,17,18);3*(H,6,7). The molecule has 0 aliphatic heterocycles. The molecule has 1 aromatic heterocycles. The van der Waals surface area contributed by atoms with Crippen molar-refractivity contribution < 1.29 is 74.0 Å². The third kappa shape index (κ3) is 16.0. The number of nitrogens with zero attached hydrogens (tertiary/aromatic N) is 1. The monoisotopic (exact) mass is 602 g/mol. The zero-order chi connectivity index (χ0) is 32.1. The SMILES string of the molecule is CCC(C)C(N)C(=O)NCc1nc2ccccc2[nH]1.O=C(O)C(F)(F)F.O=C(O)C(F)(F)F.O=C(O)C(F)(F)F. The minimum Gasteiger partial charge on any atom is -0.475 e. The second-order valence-electron chi connectivity index (χ2n) is 7.24. The van der Waals surface area contributed by atoms with Crippen LogP contribution in [0.3, 0.4) is 0 Å². The molecule has 0 fully saturated rings. The van der Waals surface area contributed by atoms with Gasteiger partial charge < -0.3 is 31.4 Å². The highest BCUT2D eigenvalue weighted by molar-refractivity contribution is 5.82. The Morgan fingerprint density at radius 3 is 1.57 bits per heavy atom. The van der Waals surface area contributed by atoms with Crippen LogP contribution < -0.4 is 11.1 Å². The Hall–Kier alpha value is -4.10. The average Bonchev–Trinajstić information content (AvgIpc) is 3.24. The summed E-state index contributed by atoms with van der Waals surface area (Å²) >= 11 is 0. The first-order valence-corrected chi connectivity index (χ1v) is 10.3. The summed E-state index contributed by atoms with van der Waals surface area (Å²) < 4.78 is 95.2. The first-order chi connectivity index (χ1) is 17.9. The molecular formula is C20H23F9N4O7. The molecule has 20 heteroatoms. The number of fused-ring (bicyclic) bond motifs is 1. The van der Waals surface area contributed by atoms with Gasteiger partial charge in [-0.1, -0.05) is 32.4 Å². The zero-order valence-corrected chi connectivity index (χ0v) is 20.3. The number of carbonyl (C=O) groups excluding carboxylic acids is 1. The molecule has 11 nitrogen and oxygen atoms in total. The summed E-state index contributed by atoms with van der Waals surface area (Å²) in [6, 6.07) is 7.31. The van der Waals surface area contributed by atoms with Crippen LogP contribution in [0, 0.1) is 5.92 Å². The third-order valence-electron chi connectivity index (χ3n) is 4.16. The Balaban J connectivity index is 0. The number of para-hydroxylation sites is 2. The molecule has 2 unspecified atom stereocenters. The molecule has 7 N–H and O–H groups in total. The van der Waals surface area contributed by atoms with Gasteiger partial charge in [-0.25, -0.2) is 19.4 Å². The van der Waals surface area contributed by atoms with Gasteiger partial charge in [-0.2, -0.15) is 39.5 Å². The lowest BCUT2D eigenvalue weighted by Gasteiger charge is -2.17.